The SMILES string of the molecule is CCC(Nc1cc(Cl)ccc1F)c1ccc(Cl)c(Cl)c1. The molecule has 0 amide bonds. The molecule has 0 heterocycles. The first-order chi connectivity index (χ1) is 9.51. The molecule has 0 saturated carbocycles. The van der Waals surface area contributed by atoms with Gasteiger partial charge in [0.05, 0.1) is 21.8 Å². The summed E-state index contributed by atoms with van der Waals surface area (Å²) in [4.78, 5) is 0. The van der Waals surface area contributed by atoms with Crippen LogP contribution in [-0.4, -0.2) is 0 Å². The molecule has 1 unspecified atom stereocenters. The van der Waals surface area contributed by atoms with E-state index in [0.29, 0.717) is 20.8 Å². The molecule has 2 rings (SSSR count). The number of nitrogens with one attached hydrogen (secondary N) is 1. The van der Waals surface area contributed by atoms with Crippen molar-refractivity contribution in [2.75, 3.05) is 5.32 Å². The van der Waals surface area contributed by atoms with Crippen molar-refractivity contribution in [3.63, 3.8) is 0 Å². The zero-order valence-electron chi connectivity index (χ0n) is 10.8. The average Bonchev–Trinajstić information content (AvgIpc) is 2.43. The Hall–Kier alpha value is -0.960. The van der Waals surface area contributed by atoms with Crippen LogP contribution in [-0.2, 0) is 0 Å². The van der Waals surface area contributed by atoms with Gasteiger partial charge in [0.2, 0.25) is 0 Å². The van der Waals surface area contributed by atoms with Crippen molar-refractivity contribution < 1.29 is 4.39 Å². The molecule has 0 fully saturated rings. The minimum Gasteiger partial charge on any atom is -0.376 e. The quantitative estimate of drug-likeness (QED) is 0.688. The van der Waals surface area contributed by atoms with Gasteiger partial charge >= 0.3 is 0 Å². The maximum absolute atomic E-state index is 13.8. The van der Waals surface area contributed by atoms with Gasteiger partial charge in [0.25, 0.3) is 0 Å². The van der Waals surface area contributed by atoms with E-state index in [1.165, 1.54) is 12.1 Å². The van der Waals surface area contributed by atoms with Gasteiger partial charge in [-0.15, -0.1) is 0 Å². The van der Waals surface area contributed by atoms with Crippen molar-refractivity contribution in [2.24, 2.45) is 0 Å². The molecule has 0 bridgehead atoms. The second-order valence-corrected chi connectivity index (χ2v) is 5.65. The van der Waals surface area contributed by atoms with Crippen molar-refractivity contribution in [1.29, 1.82) is 0 Å². The minimum absolute atomic E-state index is 0.0715. The Balaban J connectivity index is 2.28. The lowest BCUT2D eigenvalue weighted by Gasteiger charge is -2.20. The Labute approximate surface area is 132 Å². The van der Waals surface area contributed by atoms with E-state index in [1.54, 1.807) is 18.2 Å². The first-order valence-corrected chi connectivity index (χ1v) is 7.31. The van der Waals surface area contributed by atoms with E-state index in [1.807, 2.05) is 13.0 Å². The van der Waals surface area contributed by atoms with Crippen LogP contribution in [0.3, 0.4) is 0 Å². The molecule has 1 N–H and O–H groups in total. The van der Waals surface area contributed by atoms with Crippen LogP contribution in [0, 0.1) is 5.82 Å². The Kier molecular flexibility index (Phi) is 5.14. The normalized spacial score (nSPS) is 12.2. The van der Waals surface area contributed by atoms with E-state index in [0.717, 1.165) is 12.0 Å². The topological polar surface area (TPSA) is 12.0 Å². The average molecular weight is 333 g/mol. The predicted molar refractivity (Wildman–Crippen MR) is 84.5 cm³/mol. The molecule has 20 heavy (non-hydrogen) atoms. The highest BCUT2D eigenvalue weighted by atomic mass is 35.5. The van der Waals surface area contributed by atoms with Crippen LogP contribution in [0.25, 0.3) is 0 Å². The molecule has 5 heteroatoms. The van der Waals surface area contributed by atoms with Crippen LogP contribution < -0.4 is 5.32 Å². The van der Waals surface area contributed by atoms with Crippen molar-refractivity contribution >= 4 is 40.5 Å². The molecule has 0 radical (unpaired) electrons. The van der Waals surface area contributed by atoms with E-state index in [2.05, 4.69) is 5.32 Å². The summed E-state index contributed by atoms with van der Waals surface area (Å²) in [5.74, 6) is -0.340. The molecule has 0 saturated heterocycles. The van der Waals surface area contributed by atoms with Crippen LogP contribution in [0.15, 0.2) is 36.4 Å². The van der Waals surface area contributed by atoms with Gasteiger partial charge in [0.15, 0.2) is 0 Å². The Morgan fingerprint density at radius 3 is 2.45 bits per heavy atom. The van der Waals surface area contributed by atoms with Gasteiger partial charge in [0, 0.05) is 5.02 Å². The highest BCUT2D eigenvalue weighted by Crippen LogP contribution is 2.30. The Morgan fingerprint density at radius 1 is 1.05 bits per heavy atom. The van der Waals surface area contributed by atoms with Crippen molar-refractivity contribution in [1.82, 2.24) is 0 Å². The zero-order chi connectivity index (χ0) is 14.7. The second-order valence-electron chi connectivity index (χ2n) is 4.40. The molecular weight excluding hydrogens is 320 g/mol. The van der Waals surface area contributed by atoms with Crippen LogP contribution in [0.1, 0.15) is 24.9 Å². The number of benzene rings is 2. The van der Waals surface area contributed by atoms with Gasteiger partial charge in [-0.25, -0.2) is 4.39 Å². The van der Waals surface area contributed by atoms with Gasteiger partial charge in [-0.2, -0.15) is 0 Å². The van der Waals surface area contributed by atoms with Gasteiger partial charge in [-0.05, 0) is 42.3 Å². The summed E-state index contributed by atoms with van der Waals surface area (Å²) in [5.41, 5.74) is 1.32. The highest BCUT2D eigenvalue weighted by molar-refractivity contribution is 6.42. The van der Waals surface area contributed by atoms with Crippen LogP contribution in [0.5, 0.6) is 0 Å². The van der Waals surface area contributed by atoms with Gasteiger partial charge in [0.1, 0.15) is 5.82 Å². The molecule has 0 aliphatic heterocycles. The fourth-order valence-electron chi connectivity index (χ4n) is 1.95. The third-order valence-corrected chi connectivity index (χ3v) is 3.99. The highest BCUT2D eigenvalue weighted by Gasteiger charge is 2.13. The lowest BCUT2D eigenvalue weighted by molar-refractivity contribution is 0.624. The summed E-state index contributed by atoms with van der Waals surface area (Å²) in [7, 11) is 0. The molecule has 2 aromatic rings. The maximum Gasteiger partial charge on any atom is 0.146 e. The molecule has 0 aliphatic carbocycles. The Bertz CT molecular complexity index is 616. The van der Waals surface area contributed by atoms with Crippen LogP contribution in [0.4, 0.5) is 10.1 Å². The first kappa shape index (κ1) is 15.4. The number of anilines is 1. The van der Waals surface area contributed by atoms with Gasteiger partial charge in [-0.3, -0.25) is 0 Å². The third kappa shape index (κ3) is 3.57. The standard InChI is InChI=1S/C15H13Cl3FN/c1-2-14(9-3-5-11(17)12(18)7-9)20-15-8-10(16)4-6-13(15)19/h3-8,14,20H,2H2,1H3. The van der Waals surface area contributed by atoms with Crippen molar-refractivity contribution in [3.05, 3.63) is 62.8 Å². The number of rotatable bonds is 4. The molecule has 0 aromatic heterocycles. The Morgan fingerprint density at radius 2 is 1.80 bits per heavy atom. The summed E-state index contributed by atoms with van der Waals surface area (Å²) in [6.07, 6.45) is 0.768. The summed E-state index contributed by atoms with van der Waals surface area (Å²) in [6.45, 7) is 2.00. The third-order valence-electron chi connectivity index (χ3n) is 3.01. The molecule has 1 nitrogen and oxygen atoms in total. The van der Waals surface area contributed by atoms with Gasteiger partial charge < -0.3 is 5.32 Å². The molecule has 106 valence electrons. The number of halogens is 4. The lowest BCUT2D eigenvalue weighted by atomic mass is 10.0. The second kappa shape index (κ2) is 6.66. The van der Waals surface area contributed by atoms with Crippen molar-refractivity contribution in [3.8, 4) is 0 Å². The molecule has 0 aliphatic rings. The molecular formula is C15H13Cl3FN. The maximum atomic E-state index is 13.8. The first-order valence-electron chi connectivity index (χ1n) is 6.17. The smallest absolute Gasteiger partial charge is 0.146 e. The summed E-state index contributed by atoms with van der Waals surface area (Å²) in [6, 6.07) is 9.74. The van der Waals surface area contributed by atoms with E-state index in [-0.39, 0.29) is 11.9 Å². The van der Waals surface area contributed by atoms with Crippen LogP contribution in [0.2, 0.25) is 15.1 Å². The molecule has 1 atom stereocenters. The number of hydrogen-bond donors (Lipinski definition) is 1. The molecule has 0 spiro atoms. The molecule has 2 aromatic carbocycles. The minimum atomic E-state index is -0.340. The summed E-state index contributed by atoms with van der Waals surface area (Å²) in [5, 5.41) is 4.61. The van der Waals surface area contributed by atoms with Crippen LogP contribution >= 0.6 is 34.8 Å². The van der Waals surface area contributed by atoms with E-state index in [4.69, 9.17) is 34.8 Å². The number of hydrogen-bond acceptors (Lipinski definition) is 1. The lowest BCUT2D eigenvalue weighted by Crippen LogP contribution is -2.10. The zero-order valence-corrected chi connectivity index (χ0v) is 13.0. The van der Waals surface area contributed by atoms with Crippen molar-refractivity contribution in [2.45, 2.75) is 19.4 Å². The fraction of sp³-hybridized carbons (Fsp3) is 0.200. The van der Waals surface area contributed by atoms with Gasteiger partial charge in [-0.1, -0.05) is 47.8 Å². The monoisotopic (exact) mass is 331 g/mol. The van der Waals surface area contributed by atoms with E-state index >= 15 is 0 Å². The summed E-state index contributed by atoms with van der Waals surface area (Å²) >= 11 is 17.8. The van der Waals surface area contributed by atoms with E-state index in [9.17, 15) is 4.39 Å². The fourth-order valence-corrected chi connectivity index (χ4v) is 2.42. The largest absolute Gasteiger partial charge is 0.376 e. The predicted octanol–water partition coefficient (Wildman–Crippen LogP) is 6.35. The van der Waals surface area contributed by atoms with E-state index < -0.39 is 0 Å². The summed E-state index contributed by atoms with van der Waals surface area (Å²) < 4.78 is 13.8.